The molecule has 0 saturated heterocycles. The normalized spacial score (nSPS) is 16.2. The van der Waals surface area contributed by atoms with Crippen LogP contribution in [0.3, 0.4) is 0 Å². The molecule has 0 unspecified atom stereocenters. The molecule has 0 bridgehead atoms. The molecule has 0 heterocycles. The van der Waals surface area contributed by atoms with Crippen molar-refractivity contribution in [2.45, 2.75) is 47.5 Å². The molecule has 0 N–H and O–H groups in total. The van der Waals surface area contributed by atoms with Crippen molar-refractivity contribution in [1.82, 2.24) is 0 Å². The van der Waals surface area contributed by atoms with Crippen molar-refractivity contribution < 1.29 is 21.3 Å². The van der Waals surface area contributed by atoms with E-state index < -0.39 is 21.3 Å². The maximum Gasteiger partial charge on any atom is -0.147 e. The molecular weight excluding hydrogens is 426 g/mol. The van der Waals surface area contributed by atoms with Crippen LogP contribution in [0, 0.1) is 0 Å². The Labute approximate surface area is 172 Å². The van der Waals surface area contributed by atoms with Crippen molar-refractivity contribution >= 4 is 28.0 Å². The molecule has 0 atom stereocenters. The number of allylic oxidation sites excluding steroid dienone is 8. The summed E-state index contributed by atoms with van der Waals surface area (Å²) >= 11 is -2.00. The minimum absolute atomic E-state index is 0. The second kappa shape index (κ2) is 9.45. The Hall–Kier alpha value is -0.487. The molecule has 0 spiro atoms. The summed E-state index contributed by atoms with van der Waals surface area (Å²) in [5.74, 6) is 0. The smallest absolute Gasteiger partial charge is 0.147 e. The molecule has 0 aromatic heterocycles. The van der Waals surface area contributed by atoms with Crippen LogP contribution in [0.25, 0.3) is 0 Å². The van der Waals surface area contributed by atoms with Gasteiger partial charge in [0.05, 0.1) is 0 Å². The zero-order valence-corrected chi connectivity index (χ0v) is 19.9. The maximum atomic E-state index is 2.44. The number of halogens is 2. The minimum atomic E-state index is -2.00. The molecule has 3 heteroatoms. The number of hydrogen-bond donors (Lipinski definition) is 0. The van der Waals surface area contributed by atoms with Crippen molar-refractivity contribution in [2.75, 3.05) is 0 Å². The van der Waals surface area contributed by atoms with E-state index in [-0.39, 0.29) is 24.8 Å². The largest absolute Gasteiger partial charge is 0.147 e. The number of benzene rings is 1. The Balaban J connectivity index is 0.00000156. The minimum Gasteiger partial charge on any atom is -0.147 e. The quantitative estimate of drug-likeness (QED) is 0.464. The molecule has 25 heavy (non-hydrogen) atoms. The molecular formula is C22H28Cl2Zr. The molecule has 1 aromatic rings. The van der Waals surface area contributed by atoms with E-state index in [1.807, 2.05) is 0 Å². The van der Waals surface area contributed by atoms with Crippen molar-refractivity contribution in [3.8, 4) is 0 Å². The summed E-state index contributed by atoms with van der Waals surface area (Å²) in [6.45, 7) is 11.7. The summed E-state index contributed by atoms with van der Waals surface area (Å²) in [4.78, 5) is 0. The van der Waals surface area contributed by atoms with Gasteiger partial charge in [0.25, 0.3) is 0 Å². The second-order valence-corrected chi connectivity index (χ2v) is 13.4. The predicted octanol–water partition coefficient (Wildman–Crippen LogP) is 6.94. The topological polar surface area (TPSA) is 0 Å². The molecule has 0 radical (unpaired) electrons. The van der Waals surface area contributed by atoms with Gasteiger partial charge in [0.1, 0.15) is 0 Å². The van der Waals surface area contributed by atoms with E-state index in [0.29, 0.717) is 0 Å². The van der Waals surface area contributed by atoms with Gasteiger partial charge in [-0.05, 0) is 0 Å². The summed E-state index contributed by atoms with van der Waals surface area (Å²) in [6, 6.07) is 11.1. The summed E-state index contributed by atoms with van der Waals surface area (Å²) in [6.07, 6.45) is 7.25. The summed E-state index contributed by atoms with van der Waals surface area (Å²) in [5, 5.41) is 0. The van der Waals surface area contributed by atoms with Crippen LogP contribution < -0.4 is 0 Å². The van der Waals surface area contributed by atoms with Crippen LogP contribution in [0.1, 0.15) is 53.0 Å². The van der Waals surface area contributed by atoms with Crippen molar-refractivity contribution in [3.63, 3.8) is 0 Å². The van der Waals surface area contributed by atoms with Gasteiger partial charge in [-0.3, -0.25) is 0 Å². The van der Waals surface area contributed by atoms with E-state index in [0.717, 1.165) is 0 Å². The average molecular weight is 455 g/mol. The van der Waals surface area contributed by atoms with Crippen LogP contribution in [0.2, 0.25) is 0 Å². The Morgan fingerprint density at radius 2 is 1.20 bits per heavy atom. The average Bonchev–Trinajstić information content (AvgIpc) is 3.06. The fourth-order valence-corrected chi connectivity index (χ4v) is 12.2. The third kappa shape index (κ3) is 4.44. The third-order valence-electron chi connectivity index (χ3n) is 5.50. The van der Waals surface area contributed by atoms with Crippen LogP contribution in [0.4, 0.5) is 0 Å². The van der Waals surface area contributed by atoms with Crippen LogP contribution in [-0.2, 0) is 21.3 Å². The van der Waals surface area contributed by atoms with Gasteiger partial charge in [0.15, 0.2) is 0 Å². The molecule has 2 aliphatic rings. The van der Waals surface area contributed by atoms with E-state index in [2.05, 4.69) is 77.1 Å². The SMILES string of the molecule is CC1=CC[C]([Zr]([C]2=C(C)C(C)=CC2)=[C](C)c2ccccc2)=C1C.Cl.Cl. The first-order valence-electron chi connectivity index (χ1n) is 8.51. The van der Waals surface area contributed by atoms with E-state index in [1.165, 1.54) is 29.6 Å². The van der Waals surface area contributed by atoms with Gasteiger partial charge in [0.2, 0.25) is 0 Å². The Morgan fingerprint density at radius 1 is 0.760 bits per heavy atom. The van der Waals surface area contributed by atoms with Gasteiger partial charge in [-0.15, -0.1) is 24.8 Å². The molecule has 0 fully saturated rings. The van der Waals surface area contributed by atoms with E-state index in [1.54, 1.807) is 20.9 Å². The number of hydrogen-bond acceptors (Lipinski definition) is 0. The van der Waals surface area contributed by atoms with E-state index in [4.69, 9.17) is 0 Å². The molecule has 0 amide bonds. The van der Waals surface area contributed by atoms with Crippen LogP contribution in [0.15, 0.2) is 71.3 Å². The number of rotatable bonds is 3. The van der Waals surface area contributed by atoms with Gasteiger partial charge < -0.3 is 0 Å². The van der Waals surface area contributed by atoms with Gasteiger partial charge in [-0.25, -0.2) is 0 Å². The predicted molar refractivity (Wildman–Crippen MR) is 113 cm³/mol. The standard InChI is InChI=1S/C8H8.2C7H9.2ClH.Zr/c1-2-8-6-4-3-5-7-8;2*1-6-4-3-5-7(6)2;;;/h3-7H,1H3;2*4H,3H2,1-2H3;2*1H;. The fraction of sp³-hybridized carbons (Fsp3) is 0.318. The molecule has 0 nitrogen and oxygen atoms in total. The monoisotopic (exact) mass is 452 g/mol. The molecule has 1 aromatic carbocycles. The third-order valence-corrected chi connectivity index (χ3v) is 13.9. The fourth-order valence-electron chi connectivity index (χ4n) is 3.65. The van der Waals surface area contributed by atoms with E-state index >= 15 is 0 Å². The first kappa shape index (κ1) is 22.6. The first-order valence-corrected chi connectivity index (χ1v) is 12.2. The van der Waals surface area contributed by atoms with Gasteiger partial charge in [-0.1, -0.05) is 0 Å². The second-order valence-electron chi connectivity index (χ2n) is 6.76. The maximum absolute atomic E-state index is 2.44. The Kier molecular flexibility index (Phi) is 8.52. The molecule has 134 valence electrons. The summed E-state index contributed by atoms with van der Waals surface area (Å²) in [7, 11) is 0. The zero-order valence-electron chi connectivity index (χ0n) is 15.8. The van der Waals surface area contributed by atoms with E-state index in [9.17, 15) is 0 Å². The van der Waals surface area contributed by atoms with Crippen molar-refractivity contribution in [3.05, 3.63) is 76.9 Å². The van der Waals surface area contributed by atoms with Crippen LogP contribution in [-0.4, -0.2) is 3.21 Å². The van der Waals surface area contributed by atoms with Gasteiger partial charge >= 0.3 is 149 Å². The van der Waals surface area contributed by atoms with Crippen LogP contribution >= 0.6 is 24.8 Å². The van der Waals surface area contributed by atoms with Crippen LogP contribution in [0.5, 0.6) is 0 Å². The summed E-state index contributed by atoms with van der Waals surface area (Å²) in [5.41, 5.74) is 7.62. The van der Waals surface area contributed by atoms with Gasteiger partial charge in [-0.2, -0.15) is 0 Å². The Morgan fingerprint density at radius 3 is 1.56 bits per heavy atom. The summed E-state index contributed by atoms with van der Waals surface area (Å²) < 4.78 is 5.27. The van der Waals surface area contributed by atoms with Gasteiger partial charge in [0, 0.05) is 0 Å². The molecule has 2 aliphatic carbocycles. The zero-order chi connectivity index (χ0) is 16.6. The first-order chi connectivity index (χ1) is 11.0. The Bertz CT molecular complexity index is 762. The van der Waals surface area contributed by atoms with Crippen molar-refractivity contribution in [2.24, 2.45) is 0 Å². The molecule has 3 rings (SSSR count). The van der Waals surface area contributed by atoms with Crippen molar-refractivity contribution in [1.29, 1.82) is 0 Å². The molecule has 0 saturated carbocycles. The molecule has 0 aliphatic heterocycles.